The summed E-state index contributed by atoms with van der Waals surface area (Å²) in [6.07, 6.45) is 0.471. The molecule has 2 aromatic rings. The van der Waals surface area contributed by atoms with Crippen molar-refractivity contribution in [3.05, 3.63) is 70.8 Å². The summed E-state index contributed by atoms with van der Waals surface area (Å²) < 4.78 is 0. The molecule has 0 heterocycles. The standard InChI is InChI=1S/C19H17NO2/c1-14-2-4-15(5-3-14)10-18(21)12-19(22)11-16-6-8-17(13-20)9-7-16/h2-9H,10-12H2,1H3. The molecule has 0 aromatic heterocycles. The van der Waals surface area contributed by atoms with E-state index in [0.717, 1.165) is 16.7 Å². The van der Waals surface area contributed by atoms with Crippen molar-refractivity contribution in [1.82, 2.24) is 0 Å². The average molecular weight is 291 g/mol. The Morgan fingerprint density at radius 3 is 1.77 bits per heavy atom. The molecular weight excluding hydrogens is 274 g/mol. The Hall–Kier alpha value is -2.73. The van der Waals surface area contributed by atoms with Crippen LogP contribution in [0.1, 0.15) is 28.7 Å². The van der Waals surface area contributed by atoms with Gasteiger partial charge in [-0.2, -0.15) is 5.26 Å². The number of ketones is 2. The Kier molecular flexibility index (Phi) is 5.21. The van der Waals surface area contributed by atoms with E-state index in [1.807, 2.05) is 37.3 Å². The summed E-state index contributed by atoms with van der Waals surface area (Å²) in [5, 5.41) is 8.72. The Balaban J connectivity index is 1.86. The molecule has 0 bridgehead atoms. The van der Waals surface area contributed by atoms with Crippen LogP contribution in [0.3, 0.4) is 0 Å². The smallest absolute Gasteiger partial charge is 0.144 e. The van der Waals surface area contributed by atoms with Crippen LogP contribution < -0.4 is 0 Å². The molecule has 22 heavy (non-hydrogen) atoms. The summed E-state index contributed by atoms with van der Waals surface area (Å²) in [6, 6.07) is 16.6. The van der Waals surface area contributed by atoms with Crippen molar-refractivity contribution in [1.29, 1.82) is 5.26 Å². The minimum absolute atomic E-state index is 0.0477. The van der Waals surface area contributed by atoms with Gasteiger partial charge in [0.1, 0.15) is 11.6 Å². The van der Waals surface area contributed by atoms with Crippen molar-refractivity contribution < 1.29 is 9.59 Å². The molecule has 0 spiro atoms. The zero-order valence-corrected chi connectivity index (χ0v) is 12.5. The first kappa shape index (κ1) is 15.7. The molecule has 0 radical (unpaired) electrons. The van der Waals surface area contributed by atoms with Crippen LogP contribution in [0, 0.1) is 18.3 Å². The van der Waals surface area contributed by atoms with E-state index in [9.17, 15) is 9.59 Å². The number of aryl methyl sites for hydroxylation is 1. The third kappa shape index (κ3) is 4.68. The van der Waals surface area contributed by atoms with Gasteiger partial charge < -0.3 is 0 Å². The van der Waals surface area contributed by atoms with Crippen LogP contribution in [-0.2, 0) is 22.4 Å². The average Bonchev–Trinajstić information content (AvgIpc) is 2.50. The zero-order chi connectivity index (χ0) is 15.9. The molecule has 3 heteroatoms. The topological polar surface area (TPSA) is 57.9 Å². The zero-order valence-electron chi connectivity index (χ0n) is 12.5. The van der Waals surface area contributed by atoms with Gasteiger partial charge in [-0.1, -0.05) is 42.0 Å². The van der Waals surface area contributed by atoms with Crippen molar-refractivity contribution in [3.8, 4) is 6.07 Å². The van der Waals surface area contributed by atoms with Crippen molar-refractivity contribution in [2.24, 2.45) is 0 Å². The maximum atomic E-state index is 11.9. The molecule has 0 saturated carbocycles. The molecule has 0 fully saturated rings. The molecule has 0 aliphatic heterocycles. The molecule has 3 nitrogen and oxygen atoms in total. The maximum Gasteiger partial charge on any atom is 0.144 e. The lowest BCUT2D eigenvalue weighted by Crippen LogP contribution is -2.12. The van der Waals surface area contributed by atoms with Crippen LogP contribution in [0.5, 0.6) is 0 Å². The predicted octanol–water partition coefficient (Wildman–Crippen LogP) is 3.18. The number of carbonyl (C=O) groups excluding carboxylic acids is 2. The van der Waals surface area contributed by atoms with Crippen molar-refractivity contribution in [2.75, 3.05) is 0 Å². The van der Waals surface area contributed by atoms with Crippen LogP contribution in [0.4, 0.5) is 0 Å². The molecule has 0 aliphatic carbocycles. The van der Waals surface area contributed by atoms with Gasteiger partial charge in [-0.15, -0.1) is 0 Å². The van der Waals surface area contributed by atoms with Crippen molar-refractivity contribution in [3.63, 3.8) is 0 Å². The molecular formula is C19H17NO2. The molecule has 0 amide bonds. The third-order valence-electron chi connectivity index (χ3n) is 3.40. The second-order valence-electron chi connectivity index (χ2n) is 5.40. The summed E-state index contributed by atoms with van der Waals surface area (Å²) in [5.41, 5.74) is 3.47. The molecule has 2 aromatic carbocycles. The second kappa shape index (κ2) is 7.33. The first-order valence-electron chi connectivity index (χ1n) is 7.15. The van der Waals surface area contributed by atoms with Gasteiger partial charge in [-0.3, -0.25) is 9.59 Å². The van der Waals surface area contributed by atoms with Gasteiger partial charge in [0.15, 0.2) is 0 Å². The van der Waals surface area contributed by atoms with Gasteiger partial charge >= 0.3 is 0 Å². The minimum atomic E-state index is -0.0955. The van der Waals surface area contributed by atoms with E-state index in [2.05, 4.69) is 0 Å². The van der Waals surface area contributed by atoms with Crippen LogP contribution in [0.25, 0.3) is 0 Å². The Morgan fingerprint density at radius 1 is 0.864 bits per heavy atom. The lowest BCUT2D eigenvalue weighted by atomic mass is 10.0. The van der Waals surface area contributed by atoms with Crippen molar-refractivity contribution >= 4 is 11.6 Å². The number of hydrogen-bond acceptors (Lipinski definition) is 3. The SMILES string of the molecule is Cc1ccc(CC(=O)CC(=O)Cc2ccc(C#N)cc2)cc1. The molecule has 110 valence electrons. The molecule has 2 rings (SSSR count). The summed E-state index contributed by atoms with van der Waals surface area (Å²) in [4.78, 5) is 23.9. The van der Waals surface area contributed by atoms with E-state index in [1.165, 1.54) is 0 Å². The molecule has 0 aliphatic rings. The molecule has 0 atom stereocenters. The number of nitrogens with zero attached hydrogens (tertiary/aromatic N) is 1. The molecule has 0 saturated heterocycles. The van der Waals surface area contributed by atoms with E-state index in [-0.39, 0.29) is 24.4 Å². The summed E-state index contributed by atoms with van der Waals surface area (Å²) in [6.45, 7) is 1.99. The summed E-state index contributed by atoms with van der Waals surface area (Å²) >= 11 is 0. The van der Waals surface area contributed by atoms with Gasteiger partial charge in [-0.05, 0) is 30.2 Å². The van der Waals surface area contributed by atoms with Crippen LogP contribution in [0.15, 0.2) is 48.5 Å². The maximum absolute atomic E-state index is 11.9. The largest absolute Gasteiger partial charge is 0.299 e. The Morgan fingerprint density at radius 2 is 1.32 bits per heavy atom. The van der Waals surface area contributed by atoms with E-state index < -0.39 is 0 Å². The highest BCUT2D eigenvalue weighted by atomic mass is 16.1. The first-order chi connectivity index (χ1) is 10.6. The lowest BCUT2D eigenvalue weighted by Gasteiger charge is -2.03. The number of rotatable bonds is 6. The highest BCUT2D eigenvalue weighted by molar-refractivity contribution is 6.00. The Labute approximate surface area is 130 Å². The second-order valence-corrected chi connectivity index (χ2v) is 5.40. The van der Waals surface area contributed by atoms with E-state index >= 15 is 0 Å². The fourth-order valence-corrected chi connectivity index (χ4v) is 2.20. The van der Waals surface area contributed by atoms with Crippen LogP contribution in [0.2, 0.25) is 0 Å². The van der Waals surface area contributed by atoms with Gasteiger partial charge in [0, 0.05) is 12.8 Å². The normalized spacial score (nSPS) is 10.0. The number of nitriles is 1. The Bertz CT molecular complexity index is 707. The predicted molar refractivity (Wildman–Crippen MR) is 84.4 cm³/mol. The van der Waals surface area contributed by atoms with Crippen LogP contribution in [-0.4, -0.2) is 11.6 Å². The quantitative estimate of drug-likeness (QED) is 0.768. The third-order valence-corrected chi connectivity index (χ3v) is 3.40. The van der Waals surface area contributed by atoms with E-state index in [0.29, 0.717) is 12.0 Å². The number of Topliss-reactive ketones (excluding diaryl/α,β-unsaturated/α-hetero) is 2. The van der Waals surface area contributed by atoms with Gasteiger partial charge in [0.2, 0.25) is 0 Å². The summed E-state index contributed by atoms with van der Waals surface area (Å²) in [7, 11) is 0. The van der Waals surface area contributed by atoms with Gasteiger partial charge in [-0.25, -0.2) is 0 Å². The number of hydrogen-bond donors (Lipinski definition) is 0. The van der Waals surface area contributed by atoms with Gasteiger partial charge in [0.05, 0.1) is 18.1 Å². The van der Waals surface area contributed by atoms with Gasteiger partial charge in [0.25, 0.3) is 0 Å². The fraction of sp³-hybridized carbons (Fsp3) is 0.211. The highest BCUT2D eigenvalue weighted by Crippen LogP contribution is 2.08. The highest BCUT2D eigenvalue weighted by Gasteiger charge is 2.11. The van der Waals surface area contributed by atoms with Crippen molar-refractivity contribution in [2.45, 2.75) is 26.2 Å². The fourth-order valence-electron chi connectivity index (χ4n) is 2.20. The molecule has 0 unspecified atom stereocenters. The number of carbonyl (C=O) groups is 2. The minimum Gasteiger partial charge on any atom is -0.299 e. The lowest BCUT2D eigenvalue weighted by molar-refractivity contribution is -0.126. The summed E-state index contributed by atoms with van der Waals surface area (Å²) in [5.74, 6) is -0.163. The number of benzene rings is 2. The molecule has 0 N–H and O–H groups in total. The first-order valence-corrected chi connectivity index (χ1v) is 7.15. The van der Waals surface area contributed by atoms with E-state index in [4.69, 9.17) is 5.26 Å². The van der Waals surface area contributed by atoms with E-state index in [1.54, 1.807) is 24.3 Å². The van der Waals surface area contributed by atoms with Crippen LogP contribution >= 0.6 is 0 Å². The monoisotopic (exact) mass is 291 g/mol.